The van der Waals surface area contributed by atoms with Gasteiger partial charge in [0, 0.05) is 113 Å². The average molecular weight is 662 g/mol. The molecule has 4 heterocycles. The van der Waals surface area contributed by atoms with Gasteiger partial charge in [0.2, 0.25) is 0 Å². The van der Waals surface area contributed by atoms with Crippen molar-refractivity contribution in [3.8, 4) is 22.5 Å². The molecule has 0 saturated carbocycles. The van der Waals surface area contributed by atoms with E-state index >= 15 is 0 Å². The maximum Gasteiger partial charge on any atom is 0.132 e. The summed E-state index contributed by atoms with van der Waals surface area (Å²) in [6.45, 7) is 13.0. The largest absolute Gasteiger partial charge is 0.325 e. The second kappa shape index (κ2) is 15.2. The van der Waals surface area contributed by atoms with E-state index in [0.29, 0.717) is 0 Å². The fraction of sp³-hybridized carbons (Fsp3) is 0.286. The molecule has 0 aliphatic rings. The van der Waals surface area contributed by atoms with Gasteiger partial charge in [0.1, 0.15) is 11.6 Å². The Morgan fingerprint density at radius 2 is 1.00 bits per heavy atom. The molecule has 40 heavy (non-hydrogen) atoms. The first-order chi connectivity index (χ1) is 19.0. The second-order valence-electron chi connectivity index (χ2n) is 10.6. The van der Waals surface area contributed by atoms with Crippen molar-refractivity contribution in [1.82, 2.24) is 19.9 Å². The van der Waals surface area contributed by atoms with Crippen LogP contribution in [-0.2, 0) is 77.6 Å². The molecule has 5 nitrogen and oxygen atoms in total. The zero-order valence-electron chi connectivity index (χ0n) is 23.1. The summed E-state index contributed by atoms with van der Waals surface area (Å²) >= 11 is 9.14. The molecule has 0 radical (unpaired) electrons. The Morgan fingerprint density at radius 1 is 0.575 bits per heavy atom. The van der Waals surface area contributed by atoms with Crippen molar-refractivity contribution >= 4 is 78.4 Å². The van der Waals surface area contributed by atoms with Gasteiger partial charge in [-0.2, -0.15) is 0 Å². The lowest BCUT2D eigenvalue weighted by Crippen LogP contribution is -2.13. The number of nitrogens with zero attached hydrogens (tertiary/aromatic N) is 4. The van der Waals surface area contributed by atoms with Gasteiger partial charge in [-0.25, -0.2) is 9.97 Å². The maximum absolute atomic E-state index is 4.77. The highest BCUT2D eigenvalue weighted by atomic mass is 33.4. The van der Waals surface area contributed by atoms with Crippen molar-refractivity contribution in [2.24, 2.45) is 0 Å². The van der Waals surface area contributed by atoms with Crippen LogP contribution in [0.1, 0.15) is 52.9 Å². The van der Waals surface area contributed by atoms with Gasteiger partial charge in [-0.1, -0.05) is 53.7 Å². The summed E-state index contributed by atoms with van der Waals surface area (Å²) in [6.07, 6.45) is 3.78. The van der Waals surface area contributed by atoms with Gasteiger partial charge in [0.15, 0.2) is 0 Å². The molecular formula is C28H31N5S7. The number of anilines is 2. The first-order valence-electron chi connectivity index (χ1n) is 12.2. The normalized spacial score (nSPS) is 10.9. The van der Waals surface area contributed by atoms with E-state index in [0.717, 1.165) is 45.5 Å². The van der Waals surface area contributed by atoms with Crippen LogP contribution < -0.4 is 5.32 Å². The molecule has 4 aromatic rings. The van der Waals surface area contributed by atoms with E-state index in [2.05, 4.69) is 103 Å². The van der Waals surface area contributed by atoms with Crippen molar-refractivity contribution < 1.29 is 0 Å². The van der Waals surface area contributed by atoms with Crippen molar-refractivity contribution in [2.45, 2.75) is 52.4 Å². The molecular weight excluding hydrogens is 631 g/mol. The summed E-state index contributed by atoms with van der Waals surface area (Å²) in [5, 5.41) is 3.33. The lowest BCUT2D eigenvalue weighted by atomic mass is 9.91. The van der Waals surface area contributed by atoms with E-state index in [1.54, 1.807) is 26.6 Å². The predicted octanol–water partition coefficient (Wildman–Crippen LogP) is 6.92. The molecule has 0 atom stereocenters. The van der Waals surface area contributed by atoms with Crippen molar-refractivity contribution in [3.63, 3.8) is 0 Å². The zero-order chi connectivity index (χ0) is 29.2. The van der Waals surface area contributed by atoms with E-state index in [9.17, 15) is 0 Å². The lowest BCUT2D eigenvalue weighted by molar-refractivity contribution is 0.569. The van der Waals surface area contributed by atoms with E-state index in [4.69, 9.17) is 9.97 Å². The Labute approximate surface area is 261 Å². The summed E-state index contributed by atoms with van der Waals surface area (Å²) < 4.78 is 0. The molecule has 0 saturated heterocycles. The number of pyridine rings is 4. The SMILES string of the molecule is CC(C)(C)c1ccc(-c2cccc(Nc3cccc(-c4ccc(C(C)(C)C)nc4)n3)n2)cn1.S=S=S=S=S=S=S. The van der Waals surface area contributed by atoms with Gasteiger partial charge in [-0.15, -0.1) is 0 Å². The van der Waals surface area contributed by atoms with Crippen LogP contribution in [0.3, 0.4) is 0 Å². The minimum Gasteiger partial charge on any atom is -0.325 e. The Hall–Kier alpha value is -2.06. The van der Waals surface area contributed by atoms with Crippen LogP contribution in [0.4, 0.5) is 11.6 Å². The van der Waals surface area contributed by atoms with Crippen LogP contribution in [-0.4, -0.2) is 19.9 Å². The van der Waals surface area contributed by atoms with E-state index in [1.165, 1.54) is 17.8 Å². The van der Waals surface area contributed by atoms with Crippen LogP contribution >= 0.6 is 0 Å². The molecule has 0 unspecified atom stereocenters. The Balaban J connectivity index is 0.000000559. The van der Waals surface area contributed by atoms with Gasteiger partial charge in [0.05, 0.1) is 11.4 Å². The smallest absolute Gasteiger partial charge is 0.132 e. The molecule has 1 N–H and O–H groups in total. The summed E-state index contributed by atoms with van der Waals surface area (Å²) in [5.74, 6) is 1.47. The summed E-state index contributed by atoms with van der Waals surface area (Å²) in [5.41, 5.74) is 5.87. The first-order valence-corrected chi connectivity index (χ1v) is 20.2. The molecule has 210 valence electrons. The fourth-order valence-corrected chi connectivity index (χ4v) is 11.7. The number of hydrogen-bond donors (Lipinski definition) is 1. The van der Waals surface area contributed by atoms with Crippen LogP contribution in [0.2, 0.25) is 0 Å². The quantitative estimate of drug-likeness (QED) is 0.255. The molecule has 4 aromatic heterocycles. The van der Waals surface area contributed by atoms with Gasteiger partial charge in [0.25, 0.3) is 0 Å². The third-order valence-corrected chi connectivity index (χ3v) is 14.4. The zero-order valence-corrected chi connectivity index (χ0v) is 28.8. The molecule has 0 aliphatic carbocycles. The highest BCUT2D eigenvalue weighted by Crippen LogP contribution is 2.26. The topological polar surface area (TPSA) is 63.6 Å². The number of nitrogens with one attached hydrogen (secondary N) is 1. The summed E-state index contributed by atoms with van der Waals surface area (Å²) in [6, 6.07) is 20.1. The number of aromatic nitrogens is 4. The van der Waals surface area contributed by atoms with Gasteiger partial charge in [-0.05, 0) is 48.5 Å². The highest BCUT2D eigenvalue weighted by molar-refractivity contribution is 8.68. The molecule has 12 heteroatoms. The van der Waals surface area contributed by atoms with E-state index < -0.39 is 0 Å². The summed E-state index contributed by atoms with van der Waals surface area (Å²) in [4.78, 5) is 18.8. The molecule has 0 spiro atoms. The molecule has 0 bridgehead atoms. The van der Waals surface area contributed by atoms with Crippen LogP contribution in [0, 0.1) is 0 Å². The molecule has 0 amide bonds. The molecule has 0 fully saturated rings. The third kappa shape index (κ3) is 10.1. The number of rotatable bonds is 4. The average Bonchev–Trinajstić information content (AvgIpc) is 2.93. The van der Waals surface area contributed by atoms with E-state index in [1.807, 2.05) is 48.8 Å². The first kappa shape index (κ1) is 32.5. The summed E-state index contributed by atoms with van der Waals surface area (Å²) in [7, 11) is 7.36. The lowest BCUT2D eigenvalue weighted by Gasteiger charge is -2.17. The van der Waals surface area contributed by atoms with Crippen molar-refractivity contribution in [3.05, 3.63) is 84.4 Å². The van der Waals surface area contributed by atoms with E-state index in [-0.39, 0.29) is 10.8 Å². The van der Waals surface area contributed by atoms with Gasteiger partial charge < -0.3 is 5.32 Å². The minimum absolute atomic E-state index is 0.0225. The Kier molecular flexibility index (Phi) is 12.4. The second-order valence-corrected chi connectivity index (χ2v) is 19.5. The Morgan fingerprint density at radius 3 is 1.32 bits per heavy atom. The molecule has 4 rings (SSSR count). The molecule has 0 aromatic carbocycles. The fourth-order valence-electron chi connectivity index (χ4n) is 3.47. The van der Waals surface area contributed by atoms with Crippen LogP contribution in [0.15, 0.2) is 73.1 Å². The number of hydrogen-bond acceptors (Lipinski definition) is 7. The van der Waals surface area contributed by atoms with Crippen LogP contribution in [0.5, 0.6) is 0 Å². The van der Waals surface area contributed by atoms with Crippen LogP contribution in [0.25, 0.3) is 22.5 Å². The Bertz CT molecular complexity index is 1530. The third-order valence-electron chi connectivity index (χ3n) is 5.52. The predicted molar refractivity (Wildman–Crippen MR) is 187 cm³/mol. The van der Waals surface area contributed by atoms with Crippen molar-refractivity contribution in [1.29, 1.82) is 0 Å². The monoisotopic (exact) mass is 661 g/mol. The maximum atomic E-state index is 4.77. The van der Waals surface area contributed by atoms with Gasteiger partial charge in [-0.3, -0.25) is 9.97 Å². The highest BCUT2D eigenvalue weighted by Gasteiger charge is 2.16. The minimum atomic E-state index is 0.0225. The van der Waals surface area contributed by atoms with Crippen molar-refractivity contribution in [2.75, 3.05) is 5.32 Å². The molecule has 0 aliphatic heterocycles. The van der Waals surface area contributed by atoms with Gasteiger partial charge >= 0.3 is 0 Å². The standard InChI is InChI=1S/C28H31N5.S7/c1-27(2,3)23-15-13-19(17-29-23)21-9-7-11-25(31-21)33-26-12-8-10-22(32-26)20-14-16-24(30-18-20)28(4,5)6;1-3-5-7-6-4-2/h7-18H,1-6H3,(H,31,32,33);.